The molecule has 0 amide bonds. The van der Waals surface area contributed by atoms with Crippen molar-refractivity contribution >= 4 is 5.78 Å². The fourth-order valence-corrected chi connectivity index (χ4v) is 1.44. The van der Waals surface area contributed by atoms with Crippen molar-refractivity contribution < 1.29 is 18.0 Å². The summed E-state index contributed by atoms with van der Waals surface area (Å²) in [6.07, 6.45) is 0. The molecule has 0 spiro atoms. The fourth-order valence-electron chi connectivity index (χ4n) is 1.44. The summed E-state index contributed by atoms with van der Waals surface area (Å²) in [4.78, 5) is 11.8. The van der Waals surface area contributed by atoms with Crippen LogP contribution in [-0.4, -0.2) is 5.78 Å². The van der Waals surface area contributed by atoms with Crippen LogP contribution in [0.15, 0.2) is 42.5 Å². The number of halogens is 3. The second-order valence-corrected chi connectivity index (χ2v) is 3.44. The Morgan fingerprint density at radius 1 is 0.824 bits per heavy atom. The van der Waals surface area contributed by atoms with Crippen LogP contribution in [0.5, 0.6) is 0 Å². The molecule has 0 aliphatic carbocycles. The topological polar surface area (TPSA) is 17.1 Å². The minimum atomic E-state index is -1.31. The first-order valence-corrected chi connectivity index (χ1v) is 4.84. The van der Waals surface area contributed by atoms with Gasteiger partial charge in [-0.25, -0.2) is 13.2 Å². The number of carbonyl (C=O) groups is 1. The molecule has 2 aromatic carbocycles. The zero-order valence-corrected chi connectivity index (χ0v) is 8.58. The molecule has 86 valence electrons. The van der Waals surface area contributed by atoms with Gasteiger partial charge in [0.2, 0.25) is 0 Å². The monoisotopic (exact) mass is 236 g/mol. The first kappa shape index (κ1) is 11.4. The van der Waals surface area contributed by atoms with Gasteiger partial charge in [0, 0.05) is 11.6 Å². The molecule has 1 nitrogen and oxygen atoms in total. The number of ketones is 1. The minimum absolute atomic E-state index is 0.220. The molecule has 0 fully saturated rings. The summed E-state index contributed by atoms with van der Waals surface area (Å²) in [7, 11) is 0. The highest BCUT2D eigenvalue weighted by Gasteiger charge is 2.17. The lowest BCUT2D eigenvalue weighted by Crippen LogP contribution is -2.06. The van der Waals surface area contributed by atoms with Crippen LogP contribution in [0.3, 0.4) is 0 Å². The van der Waals surface area contributed by atoms with Gasteiger partial charge in [-0.05, 0) is 6.07 Å². The predicted molar refractivity (Wildman–Crippen MR) is 56.2 cm³/mol. The molecule has 0 heterocycles. The maximum absolute atomic E-state index is 13.3. The second-order valence-electron chi connectivity index (χ2n) is 3.44. The van der Waals surface area contributed by atoms with Gasteiger partial charge in [0.15, 0.2) is 17.4 Å². The van der Waals surface area contributed by atoms with Crippen LogP contribution >= 0.6 is 0 Å². The molecule has 0 N–H and O–H groups in total. The summed E-state index contributed by atoms with van der Waals surface area (Å²) in [5.41, 5.74) is -0.257. The van der Waals surface area contributed by atoms with Gasteiger partial charge in [-0.2, -0.15) is 0 Å². The van der Waals surface area contributed by atoms with Gasteiger partial charge in [-0.1, -0.05) is 30.3 Å². The van der Waals surface area contributed by atoms with E-state index in [2.05, 4.69) is 0 Å². The zero-order valence-electron chi connectivity index (χ0n) is 8.58. The molecule has 0 aromatic heterocycles. The third-order valence-electron chi connectivity index (χ3n) is 2.29. The van der Waals surface area contributed by atoms with Gasteiger partial charge in [0.05, 0.1) is 5.56 Å². The third-order valence-corrected chi connectivity index (χ3v) is 2.29. The third kappa shape index (κ3) is 2.20. The minimum Gasteiger partial charge on any atom is -0.288 e. The van der Waals surface area contributed by atoms with E-state index in [9.17, 15) is 18.0 Å². The lowest BCUT2D eigenvalue weighted by Gasteiger charge is -2.03. The second kappa shape index (κ2) is 4.41. The van der Waals surface area contributed by atoms with Crippen LogP contribution in [0.2, 0.25) is 0 Å². The molecule has 0 radical (unpaired) electrons. The molecule has 0 aliphatic rings. The lowest BCUT2D eigenvalue weighted by atomic mass is 10.0. The molecule has 17 heavy (non-hydrogen) atoms. The van der Waals surface area contributed by atoms with E-state index in [1.165, 1.54) is 12.1 Å². The van der Waals surface area contributed by atoms with E-state index in [0.29, 0.717) is 12.1 Å². The first-order valence-electron chi connectivity index (χ1n) is 4.84. The fraction of sp³-hybridized carbons (Fsp3) is 0. The molecular formula is C13H7F3O. The van der Waals surface area contributed by atoms with E-state index < -0.39 is 28.8 Å². The average molecular weight is 236 g/mol. The summed E-state index contributed by atoms with van der Waals surface area (Å²) in [6.45, 7) is 0. The van der Waals surface area contributed by atoms with Crippen molar-refractivity contribution in [3.05, 3.63) is 71.0 Å². The predicted octanol–water partition coefficient (Wildman–Crippen LogP) is 3.33. The molecule has 2 aromatic rings. The zero-order chi connectivity index (χ0) is 12.4. The van der Waals surface area contributed by atoms with Crippen LogP contribution in [0.1, 0.15) is 15.9 Å². The summed E-state index contributed by atoms with van der Waals surface area (Å²) < 4.78 is 39.0. The smallest absolute Gasteiger partial charge is 0.196 e. The Balaban J connectivity index is 2.48. The Hall–Kier alpha value is -2.10. The van der Waals surface area contributed by atoms with E-state index in [1.54, 1.807) is 18.2 Å². The summed E-state index contributed by atoms with van der Waals surface area (Å²) in [5, 5.41) is 0. The molecule has 0 saturated heterocycles. The van der Waals surface area contributed by atoms with Crippen molar-refractivity contribution in [3.63, 3.8) is 0 Å². The maximum atomic E-state index is 13.3. The van der Waals surface area contributed by atoms with Gasteiger partial charge < -0.3 is 0 Å². The quantitative estimate of drug-likeness (QED) is 0.577. The Morgan fingerprint density at radius 3 is 2.06 bits per heavy atom. The lowest BCUT2D eigenvalue weighted by molar-refractivity contribution is 0.103. The first-order chi connectivity index (χ1) is 8.09. The number of hydrogen-bond donors (Lipinski definition) is 0. The van der Waals surface area contributed by atoms with Crippen LogP contribution < -0.4 is 0 Å². The summed E-state index contributed by atoms with van der Waals surface area (Å²) >= 11 is 0. The highest BCUT2D eigenvalue weighted by atomic mass is 19.2. The standard InChI is InChI=1S/C13H7F3O/c14-10-7-12(16)11(15)6-9(10)13(17)8-4-2-1-3-5-8/h1-7H. The van der Waals surface area contributed by atoms with E-state index >= 15 is 0 Å². The van der Waals surface area contributed by atoms with Crippen LogP contribution in [0.4, 0.5) is 13.2 Å². The molecule has 0 saturated carbocycles. The molecule has 0 atom stereocenters. The summed E-state index contributed by atoms with van der Waals surface area (Å²) in [5.74, 6) is -4.31. The Kier molecular flexibility index (Phi) is 2.95. The normalized spacial score (nSPS) is 10.3. The van der Waals surface area contributed by atoms with Gasteiger partial charge in [-0.3, -0.25) is 4.79 Å². The van der Waals surface area contributed by atoms with Crippen LogP contribution in [0, 0.1) is 17.5 Å². The van der Waals surface area contributed by atoms with E-state index in [1.807, 2.05) is 0 Å². The molecule has 0 unspecified atom stereocenters. The number of rotatable bonds is 2. The maximum Gasteiger partial charge on any atom is 0.196 e. The van der Waals surface area contributed by atoms with Gasteiger partial charge in [-0.15, -0.1) is 0 Å². The van der Waals surface area contributed by atoms with Crippen LogP contribution in [0.25, 0.3) is 0 Å². The number of benzene rings is 2. The van der Waals surface area contributed by atoms with E-state index in [0.717, 1.165) is 0 Å². The van der Waals surface area contributed by atoms with Gasteiger partial charge in [0.25, 0.3) is 0 Å². The number of carbonyl (C=O) groups excluding carboxylic acids is 1. The van der Waals surface area contributed by atoms with Crippen molar-refractivity contribution in [1.82, 2.24) is 0 Å². The Labute approximate surface area is 95.5 Å². The largest absolute Gasteiger partial charge is 0.288 e. The van der Waals surface area contributed by atoms with Crippen molar-refractivity contribution in [1.29, 1.82) is 0 Å². The Morgan fingerprint density at radius 2 is 1.41 bits per heavy atom. The van der Waals surface area contributed by atoms with Crippen molar-refractivity contribution in [2.75, 3.05) is 0 Å². The Bertz CT molecular complexity index is 564. The molecular weight excluding hydrogens is 229 g/mol. The van der Waals surface area contributed by atoms with E-state index in [-0.39, 0.29) is 5.56 Å². The summed E-state index contributed by atoms with van der Waals surface area (Å²) in [6, 6.07) is 8.78. The molecule has 2 rings (SSSR count). The van der Waals surface area contributed by atoms with Crippen molar-refractivity contribution in [2.45, 2.75) is 0 Å². The van der Waals surface area contributed by atoms with Crippen molar-refractivity contribution in [3.8, 4) is 0 Å². The molecule has 0 bridgehead atoms. The molecule has 0 aliphatic heterocycles. The average Bonchev–Trinajstić information content (AvgIpc) is 2.34. The van der Waals surface area contributed by atoms with E-state index in [4.69, 9.17) is 0 Å². The van der Waals surface area contributed by atoms with Crippen LogP contribution in [-0.2, 0) is 0 Å². The SMILES string of the molecule is O=C(c1ccccc1)c1cc(F)c(F)cc1F. The number of hydrogen-bond acceptors (Lipinski definition) is 1. The van der Waals surface area contributed by atoms with Gasteiger partial charge in [0.1, 0.15) is 5.82 Å². The highest BCUT2D eigenvalue weighted by molar-refractivity contribution is 6.09. The van der Waals surface area contributed by atoms with Crippen molar-refractivity contribution in [2.24, 2.45) is 0 Å². The highest BCUT2D eigenvalue weighted by Crippen LogP contribution is 2.17. The van der Waals surface area contributed by atoms with Gasteiger partial charge >= 0.3 is 0 Å². The molecule has 4 heteroatoms.